The lowest BCUT2D eigenvalue weighted by atomic mass is 10.2. The van der Waals surface area contributed by atoms with E-state index in [4.69, 9.17) is 0 Å². The summed E-state index contributed by atoms with van der Waals surface area (Å²) >= 11 is 0. The first-order valence-corrected chi connectivity index (χ1v) is 8.66. The van der Waals surface area contributed by atoms with Crippen molar-refractivity contribution < 1.29 is 4.79 Å². The van der Waals surface area contributed by atoms with Crippen LogP contribution in [0, 0.1) is 0 Å². The van der Waals surface area contributed by atoms with Crippen LogP contribution in [-0.4, -0.2) is 70.5 Å². The van der Waals surface area contributed by atoms with Crippen molar-refractivity contribution in [3.63, 3.8) is 0 Å². The zero-order chi connectivity index (χ0) is 17.8. The van der Waals surface area contributed by atoms with Crippen LogP contribution in [0.1, 0.15) is 22.6 Å². The number of carbonyl (C=O) groups excluding carboxylic acids is 1. The number of aryl methyl sites for hydroxylation is 1. The number of nitrogens with zero attached hydrogens (tertiary/aromatic N) is 6. The molecule has 0 radical (unpaired) electrons. The number of carbonyl (C=O) groups is 1. The van der Waals surface area contributed by atoms with Gasteiger partial charge in [-0.05, 0) is 18.6 Å². The lowest BCUT2D eigenvalue weighted by Gasteiger charge is -2.22. The molecule has 134 valence electrons. The second-order valence-electron chi connectivity index (χ2n) is 6.67. The Bertz CT molecular complexity index is 726. The van der Waals surface area contributed by atoms with E-state index < -0.39 is 0 Å². The molecule has 1 saturated heterocycles. The highest BCUT2D eigenvalue weighted by Gasteiger charge is 2.21. The summed E-state index contributed by atoms with van der Waals surface area (Å²) in [4.78, 5) is 27.8. The Morgan fingerprint density at radius 2 is 2.00 bits per heavy atom. The van der Waals surface area contributed by atoms with E-state index in [-0.39, 0.29) is 5.91 Å². The molecule has 0 aliphatic carbocycles. The number of anilines is 1. The van der Waals surface area contributed by atoms with Crippen LogP contribution in [0.15, 0.2) is 30.7 Å². The van der Waals surface area contributed by atoms with E-state index in [2.05, 4.69) is 14.9 Å². The van der Waals surface area contributed by atoms with E-state index in [0.29, 0.717) is 5.56 Å². The zero-order valence-corrected chi connectivity index (χ0v) is 15.2. The molecule has 0 saturated carbocycles. The average Bonchev–Trinajstić information content (AvgIpc) is 2.87. The van der Waals surface area contributed by atoms with Crippen LogP contribution in [0.3, 0.4) is 0 Å². The Balaban J connectivity index is 1.63. The van der Waals surface area contributed by atoms with Gasteiger partial charge in [0, 0.05) is 71.5 Å². The average molecular weight is 342 g/mol. The third kappa shape index (κ3) is 4.17. The van der Waals surface area contributed by atoms with Crippen LogP contribution in [0.2, 0.25) is 0 Å². The van der Waals surface area contributed by atoms with Crippen LogP contribution in [0.25, 0.3) is 0 Å². The molecule has 2 aromatic heterocycles. The van der Waals surface area contributed by atoms with Gasteiger partial charge in [0.05, 0.1) is 6.54 Å². The maximum absolute atomic E-state index is 12.8. The van der Waals surface area contributed by atoms with Crippen molar-refractivity contribution in [1.82, 2.24) is 24.3 Å². The van der Waals surface area contributed by atoms with E-state index >= 15 is 0 Å². The summed E-state index contributed by atoms with van der Waals surface area (Å²) in [5.74, 6) is 1.95. The van der Waals surface area contributed by atoms with Crippen molar-refractivity contribution in [1.29, 1.82) is 0 Å². The van der Waals surface area contributed by atoms with E-state index in [0.717, 1.165) is 50.8 Å². The van der Waals surface area contributed by atoms with E-state index in [9.17, 15) is 4.79 Å². The van der Waals surface area contributed by atoms with Gasteiger partial charge in [-0.2, -0.15) is 0 Å². The highest BCUT2D eigenvalue weighted by molar-refractivity contribution is 5.94. The van der Waals surface area contributed by atoms with Crippen molar-refractivity contribution in [3.8, 4) is 0 Å². The van der Waals surface area contributed by atoms with Gasteiger partial charge in [-0.15, -0.1) is 0 Å². The topological polar surface area (TPSA) is 57.5 Å². The fraction of sp³-hybridized carbons (Fsp3) is 0.500. The SMILES string of the molecule is CN(C)c1cc(C(=O)N2CCCN(Cc3nccn3C)CC2)ccn1. The Labute approximate surface area is 148 Å². The normalized spacial score (nSPS) is 15.9. The monoisotopic (exact) mass is 342 g/mol. The molecule has 25 heavy (non-hydrogen) atoms. The molecule has 3 heterocycles. The highest BCUT2D eigenvalue weighted by Crippen LogP contribution is 2.14. The molecule has 1 amide bonds. The van der Waals surface area contributed by atoms with Gasteiger partial charge in [-0.3, -0.25) is 9.69 Å². The minimum Gasteiger partial charge on any atom is -0.363 e. The third-order valence-corrected chi connectivity index (χ3v) is 4.61. The second-order valence-corrected chi connectivity index (χ2v) is 6.67. The molecule has 1 aliphatic heterocycles. The molecule has 0 atom stereocenters. The number of hydrogen-bond acceptors (Lipinski definition) is 5. The van der Waals surface area contributed by atoms with Gasteiger partial charge in [-0.1, -0.05) is 0 Å². The standard InChI is InChI=1S/C18H26N6O/c1-21(2)16-13-15(5-6-19-16)18(25)24-9-4-8-23(11-12-24)14-17-20-7-10-22(17)3/h5-7,10,13H,4,8-9,11-12,14H2,1-3H3. The summed E-state index contributed by atoms with van der Waals surface area (Å²) in [5, 5.41) is 0. The van der Waals surface area contributed by atoms with Gasteiger partial charge < -0.3 is 14.4 Å². The van der Waals surface area contributed by atoms with E-state index in [1.165, 1.54) is 0 Å². The van der Waals surface area contributed by atoms with Crippen molar-refractivity contribution in [2.24, 2.45) is 7.05 Å². The molecular weight excluding hydrogens is 316 g/mol. The molecule has 0 bridgehead atoms. The van der Waals surface area contributed by atoms with Gasteiger partial charge in [0.2, 0.25) is 0 Å². The lowest BCUT2D eigenvalue weighted by molar-refractivity contribution is 0.0761. The van der Waals surface area contributed by atoms with E-state index in [1.54, 1.807) is 12.3 Å². The van der Waals surface area contributed by atoms with E-state index in [1.807, 2.05) is 54.0 Å². The smallest absolute Gasteiger partial charge is 0.254 e. The predicted octanol–water partition coefficient (Wildman–Crippen LogP) is 1.23. The Morgan fingerprint density at radius 1 is 1.16 bits per heavy atom. The van der Waals surface area contributed by atoms with Crippen molar-refractivity contribution >= 4 is 11.7 Å². The first kappa shape index (κ1) is 17.4. The molecule has 3 rings (SSSR count). The van der Waals surface area contributed by atoms with Gasteiger partial charge in [0.25, 0.3) is 5.91 Å². The molecule has 0 unspecified atom stereocenters. The van der Waals surface area contributed by atoms with Crippen LogP contribution in [-0.2, 0) is 13.6 Å². The first-order valence-electron chi connectivity index (χ1n) is 8.66. The Morgan fingerprint density at radius 3 is 2.72 bits per heavy atom. The van der Waals surface area contributed by atoms with Crippen LogP contribution >= 0.6 is 0 Å². The van der Waals surface area contributed by atoms with Crippen LogP contribution < -0.4 is 4.90 Å². The molecule has 7 nitrogen and oxygen atoms in total. The summed E-state index contributed by atoms with van der Waals surface area (Å²) in [6.07, 6.45) is 6.47. The van der Waals surface area contributed by atoms with Crippen LogP contribution in [0.5, 0.6) is 0 Å². The maximum atomic E-state index is 12.8. The summed E-state index contributed by atoms with van der Waals surface area (Å²) in [5.41, 5.74) is 0.705. The molecule has 0 N–H and O–H groups in total. The maximum Gasteiger partial charge on any atom is 0.254 e. The Kier molecular flexibility index (Phi) is 5.33. The molecule has 2 aromatic rings. The van der Waals surface area contributed by atoms with Crippen molar-refractivity contribution in [3.05, 3.63) is 42.1 Å². The summed E-state index contributed by atoms with van der Waals surface area (Å²) in [7, 11) is 5.87. The van der Waals surface area contributed by atoms with Gasteiger partial charge in [-0.25, -0.2) is 9.97 Å². The summed E-state index contributed by atoms with van der Waals surface area (Å²) in [6, 6.07) is 3.66. The molecule has 1 aliphatic rings. The molecule has 0 spiro atoms. The predicted molar refractivity (Wildman–Crippen MR) is 97.6 cm³/mol. The molecule has 0 aromatic carbocycles. The van der Waals surface area contributed by atoms with Gasteiger partial charge in [0.1, 0.15) is 11.6 Å². The molecular formula is C18H26N6O. The third-order valence-electron chi connectivity index (χ3n) is 4.61. The van der Waals surface area contributed by atoms with Crippen molar-refractivity contribution in [2.45, 2.75) is 13.0 Å². The molecule has 7 heteroatoms. The number of aromatic nitrogens is 3. The van der Waals surface area contributed by atoms with Gasteiger partial charge >= 0.3 is 0 Å². The summed E-state index contributed by atoms with van der Waals surface area (Å²) < 4.78 is 2.05. The van der Waals surface area contributed by atoms with Crippen molar-refractivity contribution in [2.75, 3.05) is 45.2 Å². The second kappa shape index (κ2) is 7.65. The molecule has 1 fully saturated rings. The lowest BCUT2D eigenvalue weighted by Crippen LogP contribution is -2.35. The largest absolute Gasteiger partial charge is 0.363 e. The minimum absolute atomic E-state index is 0.0874. The summed E-state index contributed by atoms with van der Waals surface area (Å²) in [6.45, 7) is 4.20. The zero-order valence-electron chi connectivity index (χ0n) is 15.2. The minimum atomic E-state index is 0.0874. The highest BCUT2D eigenvalue weighted by atomic mass is 16.2. The first-order chi connectivity index (χ1) is 12.0. The fourth-order valence-electron chi connectivity index (χ4n) is 3.06. The number of rotatable bonds is 4. The van der Waals surface area contributed by atoms with Gasteiger partial charge in [0.15, 0.2) is 0 Å². The fourth-order valence-corrected chi connectivity index (χ4v) is 3.06. The number of pyridine rings is 1. The number of amides is 1. The number of hydrogen-bond donors (Lipinski definition) is 0. The number of imidazole rings is 1. The Hall–Kier alpha value is -2.41. The van der Waals surface area contributed by atoms with Crippen LogP contribution in [0.4, 0.5) is 5.82 Å². The quantitative estimate of drug-likeness (QED) is 0.836.